The lowest BCUT2D eigenvalue weighted by atomic mass is 10.1. The van der Waals surface area contributed by atoms with Gasteiger partial charge in [0.1, 0.15) is 0 Å². The van der Waals surface area contributed by atoms with Crippen LogP contribution in [0.15, 0.2) is 36.4 Å². The van der Waals surface area contributed by atoms with Crippen LogP contribution in [0.4, 0.5) is 5.69 Å². The zero-order valence-electron chi connectivity index (χ0n) is 11.2. The highest BCUT2D eigenvalue weighted by atomic mass is 16.7. The van der Waals surface area contributed by atoms with E-state index in [1.54, 1.807) is 0 Å². The predicted octanol–water partition coefficient (Wildman–Crippen LogP) is 3.64. The summed E-state index contributed by atoms with van der Waals surface area (Å²) in [4.78, 5) is 0. The Bertz CT molecular complexity index is 608. The summed E-state index contributed by atoms with van der Waals surface area (Å²) in [6.07, 6.45) is 0. The highest BCUT2D eigenvalue weighted by molar-refractivity contribution is 5.52. The first-order valence-electron chi connectivity index (χ1n) is 6.42. The summed E-state index contributed by atoms with van der Waals surface area (Å²) >= 11 is 0. The average Bonchev–Trinajstić information content (AvgIpc) is 2.89. The van der Waals surface area contributed by atoms with E-state index < -0.39 is 0 Å². The first kappa shape index (κ1) is 11.9. The van der Waals surface area contributed by atoms with E-state index >= 15 is 0 Å². The minimum atomic E-state index is 0.315. The fourth-order valence-electron chi connectivity index (χ4n) is 2.18. The highest BCUT2D eigenvalue weighted by Gasteiger charge is 2.16. The summed E-state index contributed by atoms with van der Waals surface area (Å²) in [5, 5.41) is 3.42. The molecular formula is C16H17NO2. The van der Waals surface area contributed by atoms with E-state index in [0.717, 1.165) is 29.3 Å². The first-order chi connectivity index (χ1) is 9.24. The second-order valence-corrected chi connectivity index (χ2v) is 4.80. The zero-order chi connectivity index (χ0) is 13.2. The van der Waals surface area contributed by atoms with Gasteiger partial charge in [-0.05, 0) is 43.2 Å². The Morgan fingerprint density at radius 3 is 2.79 bits per heavy atom. The molecule has 1 heterocycles. The Kier molecular flexibility index (Phi) is 3.03. The van der Waals surface area contributed by atoms with Gasteiger partial charge in [0.2, 0.25) is 6.79 Å². The molecule has 2 aromatic carbocycles. The van der Waals surface area contributed by atoms with Gasteiger partial charge in [0.15, 0.2) is 11.5 Å². The van der Waals surface area contributed by atoms with Crippen molar-refractivity contribution in [1.82, 2.24) is 0 Å². The van der Waals surface area contributed by atoms with Gasteiger partial charge >= 0.3 is 0 Å². The minimum Gasteiger partial charge on any atom is -0.454 e. The van der Waals surface area contributed by atoms with Crippen LogP contribution in [0.5, 0.6) is 11.5 Å². The number of para-hydroxylation sites is 1. The van der Waals surface area contributed by atoms with Gasteiger partial charge in [0.05, 0.1) is 0 Å². The maximum absolute atomic E-state index is 5.50. The summed E-state index contributed by atoms with van der Waals surface area (Å²) < 4.78 is 10.9. The fourth-order valence-corrected chi connectivity index (χ4v) is 2.18. The lowest BCUT2D eigenvalue weighted by Gasteiger charge is -2.10. The van der Waals surface area contributed by atoms with Crippen LogP contribution >= 0.6 is 0 Å². The lowest BCUT2D eigenvalue weighted by Crippen LogP contribution is -2.01. The lowest BCUT2D eigenvalue weighted by molar-refractivity contribution is 0.173. The van der Waals surface area contributed by atoms with Crippen molar-refractivity contribution in [2.75, 3.05) is 12.1 Å². The molecule has 0 bridgehead atoms. The Balaban J connectivity index is 1.76. The van der Waals surface area contributed by atoms with Crippen LogP contribution in [0, 0.1) is 13.8 Å². The molecule has 3 rings (SSSR count). The van der Waals surface area contributed by atoms with Crippen LogP contribution in [0.3, 0.4) is 0 Å². The number of hydrogen-bond acceptors (Lipinski definition) is 3. The molecule has 0 saturated heterocycles. The Morgan fingerprint density at radius 1 is 1.05 bits per heavy atom. The second-order valence-electron chi connectivity index (χ2n) is 4.80. The molecule has 19 heavy (non-hydrogen) atoms. The summed E-state index contributed by atoms with van der Waals surface area (Å²) in [6, 6.07) is 12.4. The third-order valence-electron chi connectivity index (χ3n) is 3.47. The average molecular weight is 255 g/mol. The number of rotatable bonds is 3. The fraction of sp³-hybridized carbons (Fsp3) is 0.250. The van der Waals surface area contributed by atoms with E-state index in [0.29, 0.717) is 6.79 Å². The van der Waals surface area contributed by atoms with Crippen LogP contribution in [0.1, 0.15) is 16.7 Å². The smallest absolute Gasteiger partial charge is 0.231 e. The van der Waals surface area contributed by atoms with E-state index in [-0.39, 0.29) is 0 Å². The molecule has 1 aliphatic heterocycles. The van der Waals surface area contributed by atoms with Gasteiger partial charge in [0.25, 0.3) is 0 Å². The standard InChI is InChI=1S/C16H17NO2/c1-11-6-7-14(8-12(11)2)17-9-13-4-3-5-15-16(13)19-10-18-15/h3-8,17H,9-10H2,1-2H3. The first-order valence-corrected chi connectivity index (χ1v) is 6.42. The molecule has 98 valence electrons. The van der Waals surface area contributed by atoms with Crippen molar-refractivity contribution in [2.24, 2.45) is 0 Å². The SMILES string of the molecule is Cc1ccc(NCc2cccc3c2OCO3)cc1C. The molecule has 0 spiro atoms. The third-order valence-corrected chi connectivity index (χ3v) is 3.47. The normalized spacial score (nSPS) is 12.5. The Morgan fingerprint density at radius 2 is 1.95 bits per heavy atom. The number of aryl methyl sites for hydroxylation is 2. The van der Waals surface area contributed by atoms with Crippen LogP contribution in [-0.4, -0.2) is 6.79 Å². The molecule has 3 nitrogen and oxygen atoms in total. The van der Waals surface area contributed by atoms with E-state index in [1.807, 2.05) is 12.1 Å². The largest absolute Gasteiger partial charge is 0.454 e. The van der Waals surface area contributed by atoms with Crippen LogP contribution in [0.25, 0.3) is 0 Å². The van der Waals surface area contributed by atoms with E-state index in [9.17, 15) is 0 Å². The maximum Gasteiger partial charge on any atom is 0.231 e. The maximum atomic E-state index is 5.50. The molecule has 1 N–H and O–H groups in total. The molecule has 0 radical (unpaired) electrons. The number of hydrogen-bond donors (Lipinski definition) is 1. The molecule has 0 amide bonds. The minimum absolute atomic E-state index is 0.315. The number of fused-ring (bicyclic) bond motifs is 1. The van der Waals surface area contributed by atoms with Crippen molar-refractivity contribution in [2.45, 2.75) is 20.4 Å². The summed E-state index contributed by atoms with van der Waals surface area (Å²) in [5.41, 5.74) is 4.85. The van der Waals surface area contributed by atoms with Gasteiger partial charge in [-0.25, -0.2) is 0 Å². The predicted molar refractivity (Wildman–Crippen MR) is 75.8 cm³/mol. The molecule has 0 unspecified atom stereocenters. The molecule has 0 saturated carbocycles. The Hall–Kier alpha value is -2.16. The van der Waals surface area contributed by atoms with E-state index in [4.69, 9.17) is 9.47 Å². The van der Waals surface area contributed by atoms with Crippen molar-refractivity contribution in [1.29, 1.82) is 0 Å². The van der Waals surface area contributed by atoms with Crippen molar-refractivity contribution < 1.29 is 9.47 Å². The van der Waals surface area contributed by atoms with Crippen molar-refractivity contribution in [3.63, 3.8) is 0 Å². The zero-order valence-corrected chi connectivity index (χ0v) is 11.2. The molecule has 0 aromatic heterocycles. The van der Waals surface area contributed by atoms with Crippen molar-refractivity contribution >= 4 is 5.69 Å². The van der Waals surface area contributed by atoms with Gasteiger partial charge in [-0.3, -0.25) is 0 Å². The molecule has 3 heteroatoms. The highest BCUT2D eigenvalue weighted by Crippen LogP contribution is 2.35. The van der Waals surface area contributed by atoms with Crippen LogP contribution in [-0.2, 0) is 6.54 Å². The van der Waals surface area contributed by atoms with E-state index in [1.165, 1.54) is 11.1 Å². The van der Waals surface area contributed by atoms with Gasteiger partial charge in [0, 0.05) is 17.8 Å². The monoisotopic (exact) mass is 255 g/mol. The summed E-state index contributed by atoms with van der Waals surface area (Å²) in [5.74, 6) is 1.69. The number of nitrogens with one attached hydrogen (secondary N) is 1. The van der Waals surface area contributed by atoms with Crippen molar-refractivity contribution in [3.05, 3.63) is 53.1 Å². The van der Waals surface area contributed by atoms with Gasteiger partial charge in [-0.2, -0.15) is 0 Å². The number of anilines is 1. The number of ether oxygens (including phenoxy) is 2. The van der Waals surface area contributed by atoms with Crippen molar-refractivity contribution in [3.8, 4) is 11.5 Å². The molecule has 1 aliphatic rings. The van der Waals surface area contributed by atoms with Gasteiger partial charge < -0.3 is 14.8 Å². The van der Waals surface area contributed by atoms with Gasteiger partial charge in [-0.1, -0.05) is 18.2 Å². The Labute approximate surface area is 113 Å². The van der Waals surface area contributed by atoms with Crippen LogP contribution < -0.4 is 14.8 Å². The molecule has 0 atom stereocenters. The summed E-state index contributed by atoms with van der Waals surface area (Å²) in [7, 11) is 0. The van der Waals surface area contributed by atoms with E-state index in [2.05, 4.69) is 43.4 Å². The molecule has 0 aliphatic carbocycles. The second kappa shape index (κ2) is 4.84. The number of benzene rings is 2. The van der Waals surface area contributed by atoms with Gasteiger partial charge in [-0.15, -0.1) is 0 Å². The summed E-state index contributed by atoms with van der Waals surface area (Å²) in [6.45, 7) is 5.29. The van der Waals surface area contributed by atoms with Crippen LogP contribution in [0.2, 0.25) is 0 Å². The molecular weight excluding hydrogens is 238 g/mol. The third kappa shape index (κ3) is 2.36. The molecule has 2 aromatic rings. The molecule has 0 fully saturated rings. The quantitative estimate of drug-likeness (QED) is 0.908. The topological polar surface area (TPSA) is 30.5 Å².